The van der Waals surface area contributed by atoms with Crippen molar-refractivity contribution in [2.45, 2.75) is 45.6 Å². The lowest BCUT2D eigenvalue weighted by Gasteiger charge is -2.39. The van der Waals surface area contributed by atoms with Crippen LogP contribution in [0.15, 0.2) is 11.6 Å². The van der Waals surface area contributed by atoms with Gasteiger partial charge >= 0.3 is 0 Å². The molecule has 1 saturated carbocycles. The first-order chi connectivity index (χ1) is 7.07. The summed E-state index contributed by atoms with van der Waals surface area (Å²) in [5.41, 5.74) is 6.66. The number of rotatable bonds is 2. The molecule has 0 spiro atoms. The zero-order valence-electron chi connectivity index (χ0n) is 9.57. The smallest absolute Gasteiger partial charge is 0.0928 e. The zero-order chi connectivity index (χ0) is 10.9. The average Bonchev–Trinajstić information content (AvgIpc) is 2.64. The summed E-state index contributed by atoms with van der Waals surface area (Å²) >= 11 is 1.75. The van der Waals surface area contributed by atoms with Crippen LogP contribution in [0, 0.1) is 11.3 Å². The first-order valence-electron chi connectivity index (χ1n) is 5.71. The van der Waals surface area contributed by atoms with Crippen LogP contribution < -0.4 is 5.73 Å². The molecule has 2 N–H and O–H groups in total. The Balaban J connectivity index is 2.01. The van der Waals surface area contributed by atoms with E-state index in [4.69, 9.17) is 5.73 Å². The summed E-state index contributed by atoms with van der Waals surface area (Å²) in [7, 11) is 0. The fourth-order valence-electron chi connectivity index (χ4n) is 2.56. The van der Waals surface area contributed by atoms with Crippen LogP contribution >= 0.6 is 11.3 Å². The van der Waals surface area contributed by atoms with E-state index in [0.29, 0.717) is 17.4 Å². The molecule has 2 unspecified atom stereocenters. The van der Waals surface area contributed by atoms with Crippen LogP contribution in [-0.4, -0.2) is 11.0 Å². The van der Waals surface area contributed by atoms with Crippen LogP contribution in [0.2, 0.25) is 0 Å². The van der Waals surface area contributed by atoms with Crippen molar-refractivity contribution >= 4 is 11.3 Å². The minimum absolute atomic E-state index is 0.377. The van der Waals surface area contributed by atoms with Crippen molar-refractivity contribution in [3.63, 3.8) is 0 Å². The summed E-state index contributed by atoms with van der Waals surface area (Å²) in [5.74, 6) is 0.625. The van der Waals surface area contributed by atoms with Gasteiger partial charge in [0.25, 0.3) is 0 Å². The summed E-state index contributed by atoms with van der Waals surface area (Å²) in [5, 5.41) is 3.29. The summed E-state index contributed by atoms with van der Waals surface area (Å²) in [6, 6.07) is 0.377. The lowest BCUT2D eigenvalue weighted by atomic mass is 9.69. The van der Waals surface area contributed by atoms with E-state index in [9.17, 15) is 0 Å². The number of aromatic nitrogens is 1. The summed E-state index contributed by atoms with van der Waals surface area (Å²) < 4.78 is 0. The average molecular weight is 224 g/mol. The maximum Gasteiger partial charge on any atom is 0.0928 e. The summed E-state index contributed by atoms with van der Waals surface area (Å²) in [4.78, 5) is 4.36. The Kier molecular flexibility index (Phi) is 3.12. The summed E-state index contributed by atoms with van der Waals surface area (Å²) in [6.07, 6.45) is 6.64. The quantitative estimate of drug-likeness (QED) is 0.839. The van der Waals surface area contributed by atoms with Crippen LogP contribution in [0.1, 0.15) is 38.1 Å². The first-order valence-corrected chi connectivity index (χ1v) is 6.59. The van der Waals surface area contributed by atoms with E-state index in [0.717, 1.165) is 6.42 Å². The second-order valence-electron chi connectivity index (χ2n) is 5.46. The van der Waals surface area contributed by atoms with Gasteiger partial charge in [0.2, 0.25) is 0 Å². The molecule has 1 aromatic heterocycles. The molecule has 1 aromatic rings. The van der Waals surface area contributed by atoms with E-state index >= 15 is 0 Å². The van der Waals surface area contributed by atoms with Crippen LogP contribution in [0.25, 0.3) is 0 Å². The second kappa shape index (κ2) is 4.22. The highest BCUT2D eigenvalue weighted by molar-refractivity contribution is 7.09. The molecule has 15 heavy (non-hydrogen) atoms. The van der Waals surface area contributed by atoms with E-state index in [2.05, 4.69) is 24.2 Å². The highest BCUT2D eigenvalue weighted by atomic mass is 32.1. The maximum absolute atomic E-state index is 6.19. The van der Waals surface area contributed by atoms with Crippen molar-refractivity contribution < 1.29 is 0 Å². The van der Waals surface area contributed by atoms with Gasteiger partial charge in [-0.05, 0) is 30.6 Å². The van der Waals surface area contributed by atoms with Gasteiger partial charge in [0, 0.05) is 24.0 Å². The predicted octanol–water partition coefficient (Wildman–Crippen LogP) is 2.84. The number of nitrogens with two attached hydrogens (primary N) is 1. The molecule has 1 fully saturated rings. The predicted molar refractivity (Wildman–Crippen MR) is 64.9 cm³/mol. The highest BCUT2D eigenvalue weighted by Gasteiger charge is 2.33. The van der Waals surface area contributed by atoms with Crippen molar-refractivity contribution in [2.75, 3.05) is 0 Å². The van der Waals surface area contributed by atoms with E-state index in [1.165, 1.54) is 24.3 Å². The molecule has 0 aromatic carbocycles. The molecule has 1 heterocycles. The monoisotopic (exact) mass is 224 g/mol. The topological polar surface area (TPSA) is 38.9 Å². The Hall–Kier alpha value is -0.410. The van der Waals surface area contributed by atoms with Gasteiger partial charge in [-0.2, -0.15) is 0 Å². The van der Waals surface area contributed by atoms with Crippen LogP contribution in [0.4, 0.5) is 0 Å². The number of hydrogen-bond donors (Lipinski definition) is 1. The van der Waals surface area contributed by atoms with Crippen molar-refractivity contribution in [3.05, 3.63) is 16.6 Å². The third-order valence-corrected chi connectivity index (χ3v) is 4.30. The van der Waals surface area contributed by atoms with Crippen LogP contribution in [-0.2, 0) is 6.42 Å². The molecule has 0 bridgehead atoms. The van der Waals surface area contributed by atoms with Gasteiger partial charge in [-0.3, -0.25) is 0 Å². The van der Waals surface area contributed by atoms with E-state index in [-0.39, 0.29) is 0 Å². The molecule has 0 amide bonds. The normalized spacial score (nSPS) is 30.3. The van der Waals surface area contributed by atoms with Crippen molar-refractivity contribution in [3.8, 4) is 0 Å². The number of hydrogen-bond acceptors (Lipinski definition) is 3. The van der Waals surface area contributed by atoms with Crippen molar-refractivity contribution in [1.82, 2.24) is 4.98 Å². The molecule has 2 nitrogen and oxygen atoms in total. The second-order valence-corrected chi connectivity index (χ2v) is 6.44. The van der Waals surface area contributed by atoms with Gasteiger partial charge in [-0.15, -0.1) is 11.3 Å². The molecule has 2 atom stereocenters. The molecule has 0 aliphatic heterocycles. The fraction of sp³-hybridized carbons (Fsp3) is 0.750. The zero-order valence-corrected chi connectivity index (χ0v) is 10.4. The Morgan fingerprint density at radius 2 is 2.40 bits per heavy atom. The van der Waals surface area contributed by atoms with Gasteiger partial charge in [-0.25, -0.2) is 4.98 Å². The van der Waals surface area contributed by atoms with Crippen molar-refractivity contribution in [1.29, 1.82) is 0 Å². The minimum atomic E-state index is 0.377. The molecule has 1 aliphatic rings. The number of nitrogens with zero attached hydrogens (tertiary/aromatic N) is 1. The Labute approximate surface area is 95.9 Å². The first kappa shape index (κ1) is 11.1. The standard InChI is InChI=1S/C12H20N2S/c1-12(2)4-3-10(13)9(8-12)7-11-14-5-6-15-11/h5-6,9-10H,3-4,7-8,13H2,1-2H3. The van der Waals surface area contributed by atoms with Gasteiger partial charge in [0.05, 0.1) is 5.01 Å². The molecular weight excluding hydrogens is 204 g/mol. The molecule has 3 heteroatoms. The van der Waals surface area contributed by atoms with E-state index in [1.54, 1.807) is 11.3 Å². The fourth-order valence-corrected chi connectivity index (χ4v) is 3.27. The number of thiazole rings is 1. The Morgan fingerprint density at radius 1 is 1.60 bits per heavy atom. The van der Waals surface area contributed by atoms with E-state index < -0.39 is 0 Å². The Bertz CT molecular complexity index is 305. The van der Waals surface area contributed by atoms with Gasteiger partial charge in [-0.1, -0.05) is 13.8 Å². The highest BCUT2D eigenvalue weighted by Crippen LogP contribution is 2.39. The Morgan fingerprint density at radius 3 is 3.07 bits per heavy atom. The molecular formula is C12H20N2S. The molecule has 84 valence electrons. The molecule has 2 rings (SSSR count). The summed E-state index contributed by atoms with van der Waals surface area (Å²) in [6.45, 7) is 4.71. The lowest BCUT2D eigenvalue weighted by molar-refractivity contribution is 0.157. The lowest BCUT2D eigenvalue weighted by Crippen LogP contribution is -2.40. The van der Waals surface area contributed by atoms with Gasteiger partial charge in [0.1, 0.15) is 0 Å². The third-order valence-electron chi connectivity index (χ3n) is 3.49. The third kappa shape index (κ3) is 2.79. The molecule has 0 radical (unpaired) electrons. The molecule has 0 saturated heterocycles. The minimum Gasteiger partial charge on any atom is -0.327 e. The van der Waals surface area contributed by atoms with Crippen molar-refractivity contribution in [2.24, 2.45) is 17.1 Å². The molecule has 1 aliphatic carbocycles. The SMILES string of the molecule is CC1(C)CCC(N)C(Cc2nccs2)C1. The largest absolute Gasteiger partial charge is 0.327 e. The van der Waals surface area contributed by atoms with Gasteiger partial charge < -0.3 is 5.73 Å². The van der Waals surface area contributed by atoms with Crippen LogP contribution in [0.5, 0.6) is 0 Å². The van der Waals surface area contributed by atoms with Gasteiger partial charge in [0.15, 0.2) is 0 Å². The maximum atomic E-state index is 6.19. The van der Waals surface area contributed by atoms with E-state index in [1.807, 2.05) is 6.20 Å². The van der Waals surface area contributed by atoms with Crippen LogP contribution in [0.3, 0.4) is 0 Å².